The predicted octanol–water partition coefficient (Wildman–Crippen LogP) is 4.17. The first-order valence-corrected chi connectivity index (χ1v) is 8.47. The van der Waals surface area contributed by atoms with Gasteiger partial charge < -0.3 is 15.8 Å². The third-order valence-corrected chi connectivity index (χ3v) is 4.74. The van der Waals surface area contributed by atoms with Gasteiger partial charge in [0.25, 0.3) is 5.91 Å². The van der Waals surface area contributed by atoms with Crippen LogP contribution in [0.2, 0.25) is 5.02 Å². The second kappa shape index (κ2) is 6.67. The topological polar surface area (TPSA) is 77.2 Å². The number of hydrogen-bond donors (Lipinski definition) is 2. The molecule has 24 heavy (non-hydrogen) atoms. The molecule has 0 aliphatic carbocycles. The Morgan fingerprint density at radius 2 is 2.08 bits per heavy atom. The van der Waals surface area contributed by atoms with Gasteiger partial charge in [-0.1, -0.05) is 22.9 Å². The zero-order chi connectivity index (χ0) is 17.3. The molecule has 1 aromatic heterocycles. The summed E-state index contributed by atoms with van der Waals surface area (Å²) >= 11 is 7.36. The number of thiazole rings is 1. The Morgan fingerprint density at radius 1 is 1.29 bits per heavy atom. The number of ether oxygens (including phenoxy) is 1. The van der Waals surface area contributed by atoms with Gasteiger partial charge in [-0.3, -0.25) is 4.79 Å². The highest BCUT2D eigenvalue weighted by Crippen LogP contribution is 2.29. The van der Waals surface area contributed by atoms with Gasteiger partial charge in [0, 0.05) is 10.7 Å². The van der Waals surface area contributed by atoms with Crippen molar-refractivity contribution in [2.45, 2.75) is 13.8 Å². The number of aryl methyl sites for hydroxylation is 2. The van der Waals surface area contributed by atoms with E-state index in [9.17, 15) is 4.79 Å². The fraction of sp³-hybridized carbons (Fsp3) is 0.176. The Hall–Kier alpha value is -2.31. The summed E-state index contributed by atoms with van der Waals surface area (Å²) in [4.78, 5) is 16.4. The van der Waals surface area contributed by atoms with Gasteiger partial charge in [-0.15, -0.1) is 0 Å². The molecule has 1 amide bonds. The molecule has 0 saturated carbocycles. The van der Waals surface area contributed by atoms with Crippen LogP contribution in [0.3, 0.4) is 0 Å². The van der Waals surface area contributed by atoms with Crippen LogP contribution < -0.4 is 15.8 Å². The lowest BCUT2D eigenvalue weighted by Gasteiger charge is -2.09. The van der Waals surface area contributed by atoms with E-state index in [4.69, 9.17) is 22.1 Å². The molecule has 1 heterocycles. The van der Waals surface area contributed by atoms with E-state index in [0.717, 1.165) is 21.3 Å². The Labute approximate surface area is 148 Å². The van der Waals surface area contributed by atoms with E-state index < -0.39 is 0 Å². The Morgan fingerprint density at radius 3 is 2.83 bits per heavy atom. The van der Waals surface area contributed by atoms with Crippen molar-refractivity contribution in [2.75, 3.05) is 17.7 Å². The first-order valence-electron chi connectivity index (χ1n) is 7.28. The van der Waals surface area contributed by atoms with Crippen LogP contribution in [0.5, 0.6) is 5.75 Å². The Balaban J connectivity index is 1.67. The molecule has 2 aromatic carbocycles. The van der Waals surface area contributed by atoms with Crippen LogP contribution in [0.15, 0.2) is 30.3 Å². The molecule has 0 saturated heterocycles. The first kappa shape index (κ1) is 16.5. The van der Waals surface area contributed by atoms with Gasteiger partial charge in [0.15, 0.2) is 11.7 Å². The molecule has 0 aliphatic rings. The van der Waals surface area contributed by atoms with Gasteiger partial charge in [0.2, 0.25) is 0 Å². The summed E-state index contributed by atoms with van der Waals surface area (Å²) in [6, 6.07) is 9.01. The first-order chi connectivity index (χ1) is 11.4. The summed E-state index contributed by atoms with van der Waals surface area (Å²) in [6.45, 7) is 3.74. The molecule has 0 bridgehead atoms. The van der Waals surface area contributed by atoms with Gasteiger partial charge in [0.05, 0.1) is 10.2 Å². The van der Waals surface area contributed by atoms with E-state index in [2.05, 4.69) is 10.3 Å². The summed E-state index contributed by atoms with van der Waals surface area (Å²) in [6.07, 6.45) is 0. The molecule has 7 heteroatoms. The Kier molecular flexibility index (Phi) is 4.59. The summed E-state index contributed by atoms with van der Waals surface area (Å²) in [5, 5.41) is 4.01. The lowest BCUT2D eigenvalue weighted by atomic mass is 10.2. The molecule has 0 atom stereocenters. The lowest BCUT2D eigenvalue weighted by Crippen LogP contribution is -2.20. The molecule has 0 radical (unpaired) electrons. The number of fused-ring (bicyclic) bond motifs is 1. The van der Waals surface area contributed by atoms with Crippen LogP contribution in [0.1, 0.15) is 11.1 Å². The maximum absolute atomic E-state index is 12.1. The number of nitrogens with one attached hydrogen (secondary N) is 1. The molecule has 3 rings (SSSR count). The quantitative estimate of drug-likeness (QED) is 0.731. The molecule has 3 N–H and O–H groups in total. The molecule has 5 nitrogen and oxygen atoms in total. The number of nitrogens with two attached hydrogens (primary N) is 1. The number of nitrogen functional groups attached to an aromatic ring is 1. The predicted molar refractivity (Wildman–Crippen MR) is 99.1 cm³/mol. The largest absolute Gasteiger partial charge is 0.484 e. The van der Waals surface area contributed by atoms with Crippen molar-refractivity contribution in [3.8, 4) is 5.75 Å². The van der Waals surface area contributed by atoms with Crippen molar-refractivity contribution in [3.63, 3.8) is 0 Å². The normalized spacial score (nSPS) is 10.8. The van der Waals surface area contributed by atoms with Crippen molar-refractivity contribution < 1.29 is 9.53 Å². The van der Waals surface area contributed by atoms with Crippen LogP contribution in [0, 0.1) is 13.8 Å². The molecule has 3 aromatic rings. The van der Waals surface area contributed by atoms with Gasteiger partial charge in [-0.25, -0.2) is 4.98 Å². The average molecular weight is 362 g/mol. The van der Waals surface area contributed by atoms with Crippen molar-refractivity contribution in [2.24, 2.45) is 0 Å². The number of aromatic nitrogens is 1. The minimum atomic E-state index is -0.237. The number of nitrogens with zero attached hydrogens (tertiary/aromatic N) is 1. The second-order valence-electron chi connectivity index (χ2n) is 5.44. The summed E-state index contributed by atoms with van der Waals surface area (Å²) < 4.78 is 6.44. The van der Waals surface area contributed by atoms with Crippen LogP contribution in [0.25, 0.3) is 10.2 Å². The van der Waals surface area contributed by atoms with Gasteiger partial charge in [0.1, 0.15) is 5.75 Å². The lowest BCUT2D eigenvalue weighted by molar-refractivity contribution is -0.118. The molecular formula is C17H16ClN3O2S. The van der Waals surface area contributed by atoms with E-state index in [-0.39, 0.29) is 12.5 Å². The van der Waals surface area contributed by atoms with Crippen LogP contribution in [-0.2, 0) is 4.79 Å². The highest BCUT2D eigenvalue weighted by atomic mass is 35.5. The van der Waals surface area contributed by atoms with E-state index in [0.29, 0.717) is 21.6 Å². The number of hydrogen-bond acceptors (Lipinski definition) is 5. The van der Waals surface area contributed by atoms with Crippen LogP contribution >= 0.6 is 22.9 Å². The molecule has 0 fully saturated rings. The highest BCUT2D eigenvalue weighted by Gasteiger charge is 2.09. The standard InChI is InChI=1S/C17H16ClN3O2S/c1-9-6-12(3-4-13(9)18)23-8-15(22)20-11-5-10(2)16-14(7-11)24-17(19)21-16/h3-7H,8H2,1-2H3,(H2,19,21)(H,20,22). The average Bonchev–Trinajstić information content (AvgIpc) is 2.89. The fourth-order valence-electron chi connectivity index (χ4n) is 2.34. The maximum atomic E-state index is 12.1. The van der Waals surface area contributed by atoms with E-state index in [1.54, 1.807) is 18.2 Å². The number of carbonyl (C=O) groups is 1. The highest BCUT2D eigenvalue weighted by molar-refractivity contribution is 7.22. The summed E-state index contributed by atoms with van der Waals surface area (Å²) in [7, 11) is 0. The monoisotopic (exact) mass is 361 g/mol. The van der Waals surface area contributed by atoms with Gasteiger partial charge in [-0.05, 0) is 55.3 Å². The number of carbonyl (C=O) groups excluding carboxylic acids is 1. The fourth-order valence-corrected chi connectivity index (χ4v) is 3.31. The number of benzene rings is 2. The summed E-state index contributed by atoms with van der Waals surface area (Å²) in [5.41, 5.74) is 9.16. The van der Waals surface area contributed by atoms with E-state index in [1.807, 2.05) is 26.0 Å². The SMILES string of the molecule is Cc1cc(OCC(=O)Nc2cc(C)c3nc(N)sc3c2)ccc1Cl. The minimum absolute atomic E-state index is 0.0804. The number of anilines is 2. The number of amides is 1. The van der Waals surface area contributed by atoms with Crippen molar-refractivity contribution in [1.82, 2.24) is 4.98 Å². The molecule has 0 unspecified atom stereocenters. The zero-order valence-electron chi connectivity index (χ0n) is 13.2. The smallest absolute Gasteiger partial charge is 0.262 e. The van der Waals surface area contributed by atoms with Crippen molar-refractivity contribution in [1.29, 1.82) is 0 Å². The summed E-state index contributed by atoms with van der Waals surface area (Å²) in [5.74, 6) is 0.368. The molecule has 0 aliphatic heterocycles. The second-order valence-corrected chi connectivity index (χ2v) is 6.91. The van der Waals surface area contributed by atoms with E-state index in [1.165, 1.54) is 11.3 Å². The molecule has 0 spiro atoms. The third-order valence-electron chi connectivity index (χ3n) is 3.49. The zero-order valence-corrected chi connectivity index (χ0v) is 14.8. The maximum Gasteiger partial charge on any atom is 0.262 e. The Bertz CT molecular complexity index is 924. The number of rotatable bonds is 4. The van der Waals surface area contributed by atoms with Crippen LogP contribution in [-0.4, -0.2) is 17.5 Å². The molecular weight excluding hydrogens is 346 g/mol. The molecule has 124 valence electrons. The van der Waals surface area contributed by atoms with E-state index >= 15 is 0 Å². The van der Waals surface area contributed by atoms with Gasteiger partial charge >= 0.3 is 0 Å². The minimum Gasteiger partial charge on any atom is -0.484 e. The number of halogens is 1. The van der Waals surface area contributed by atoms with Crippen LogP contribution in [0.4, 0.5) is 10.8 Å². The third kappa shape index (κ3) is 3.60. The van der Waals surface area contributed by atoms with Crippen molar-refractivity contribution >= 4 is 49.9 Å². The van der Waals surface area contributed by atoms with Gasteiger partial charge in [-0.2, -0.15) is 0 Å². The van der Waals surface area contributed by atoms with Crippen molar-refractivity contribution in [3.05, 3.63) is 46.5 Å².